The van der Waals surface area contributed by atoms with Crippen LogP contribution in [0.4, 0.5) is 10.5 Å². The second-order valence-corrected chi connectivity index (χ2v) is 6.71. The van der Waals surface area contributed by atoms with Gasteiger partial charge < -0.3 is 9.47 Å². The fourth-order valence-corrected chi connectivity index (χ4v) is 3.59. The molecule has 1 aliphatic carbocycles. The quantitative estimate of drug-likeness (QED) is 0.734. The summed E-state index contributed by atoms with van der Waals surface area (Å²) in [4.78, 5) is 27.9. The number of imide groups is 1. The van der Waals surface area contributed by atoms with Crippen molar-refractivity contribution in [2.24, 2.45) is 5.92 Å². The Hall–Kier alpha value is -3.67. The molecule has 1 aliphatic heterocycles. The summed E-state index contributed by atoms with van der Waals surface area (Å²) in [6.45, 7) is 0.376. The van der Waals surface area contributed by atoms with Crippen molar-refractivity contribution in [2.75, 3.05) is 19.1 Å². The molecule has 0 radical (unpaired) electrons. The number of methoxy groups -OCH3 is 2. The number of anilines is 1. The number of allylic oxidation sites excluding steroid dienone is 3. The fourth-order valence-electron chi connectivity index (χ4n) is 3.59. The maximum absolute atomic E-state index is 13.4. The van der Waals surface area contributed by atoms with Crippen LogP contribution in [0.3, 0.4) is 0 Å². The van der Waals surface area contributed by atoms with E-state index in [1.165, 1.54) is 19.1 Å². The van der Waals surface area contributed by atoms with E-state index in [1.54, 1.807) is 22.8 Å². The van der Waals surface area contributed by atoms with Gasteiger partial charge >= 0.3 is 11.9 Å². The third kappa shape index (κ3) is 3.33. The van der Waals surface area contributed by atoms with Crippen LogP contribution >= 0.6 is 0 Å². The van der Waals surface area contributed by atoms with E-state index in [2.05, 4.69) is 0 Å². The Morgan fingerprint density at radius 2 is 1.72 bits per heavy atom. The molecule has 29 heavy (non-hydrogen) atoms. The Morgan fingerprint density at radius 1 is 0.966 bits per heavy atom. The van der Waals surface area contributed by atoms with E-state index in [0.29, 0.717) is 29.4 Å². The lowest BCUT2D eigenvalue weighted by Gasteiger charge is -2.27. The second-order valence-electron chi connectivity index (χ2n) is 6.71. The minimum atomic E-state index is -0.519. The smallest absolute Gasteiger partial charge is 0.493 e. The summed E-state index contributed by atoms with van der Waals surface area (Å²) >= 11 is 0. The van der Waals surface area contributed by atoms with E-state index in [9.17, 15) is 9.59 Å². The van der Waals surface area contributed by atoms with E-state index in [4.69, 9.17) is 9.47 Å². The number of hydrogen-bond donors (Lipinski definition) is 0. The molecule has 1 atom stereocenters. The van der Waals surface area contributed by atoms with Gasteiger partial charge in [-0.15, -0.1) is 4.90 Å². The summed E-state index contributed by atoms with van der Waals surface area (Å²) in [6, 6.07) is 14.3. The second kappa shape index (κ2) is 7.75. The molecule has 0 spiro atoms. The lowest BCUT2D eigenvalue weighted by molar-refractivity contribution is -0.445. The zero-order valence-corrected chi connectivity index (χ0v) is 16.2. The molecule has 0 N–H and O–H groups in total. The van der Waals surface area contributed by atoms with Gasteiger partial charge in [-0.2, -0.15) is 9.37 Å². The van der Waals surface area contributed by atoms with Crippen molar-refractivity contribution in [3.05, 3.63) is 78.4 Å². The summed E-state index contributed by atoms with van der Waals surface area (Å²) in [7, 11) is 3.06. The maximum atomic E-state index is 13.4. The Bertz CT molecular complexity index is 1050. The number of rotatable bonds is 5. The highest BCUT2D eigenvalue weighted by Gasteiger charge is 2.48. The number of carbonyl (C=O) groups excluding carboxylic acids is 2. The van der Waals surface area contributed by atoms with Gasteiger partial charge in [-0.3, -0.25) is 0 Å². The van der Waals surface area contributed by atoms with Crippen molar-refractivity contribution >= 4 is 23.3 Å². The van der Waals surface area contributed by atoms with Gasteiger partial charge in [0, 0.05) is 6.07 Å². The summed E-state index contributed by atoms with van der Waals surface area (Å²) < 4.78 is 12.3. The van der Waals surface area contributed by atoms with Crippen LogP contribution in [0.15, 0.2) is 72.8 Å². The first kappa shape index (κ1) is 18.7. The van der Waals surface area contributed by atoms with E-state index in [-0.39, 0.29) is 5.91 Å². The van der Waals surface area contributed by atoms with Crippen molar-refractivity contribution in [1.82, 2.24) is 0 Å². The van der Waals surface area contributed by atoms with Crippen LogP contribution in [-0.4, -0.2) is 36.4 Å². The van der Waals surface area contributed by atoms with Gasteiger partial charge in [0.05, 0.1) is 14.2 Å². The average Bonchev–Trinajstić information content (AvgIpc) is 2.77. The average molecular weight is 389 g/mol. The molecule has 1 unspecified atom stereocenters. The van der Waals surface area contributed by atoms with Crippen molar-refractivity contribution in [3.63, 3.8) is 0 Å². The Morgan fingerprint density at radius 3 is 2.45 bits per heavy atom. The minimum Gasteiger partial charge on any atom is -0.493 e. The van der Waals surface area contributed by atoms with Gasteiger partial charge in [0.15, 0.2) is 11.5 Å². The first-order chi connectivity index (χ1) is 14.1. The highest BCUT2D eigenvalue weighted by atomic mass is 16.5. The number of benzene rings is 2. The molecular weight excluding hydrogens is 368 g/mol. The zero-order valence-electron chi connectivity index (χ0n) is 16.2. The number of urea groups is 1. The first-order valence-corrected chi connectivity index (χ1v) is 9.27. The van der Waals surface area contributed by atoms with Crippen LogP contribution < -0.4 is 14.4 Å². The van der Waals surface area contributed by atoms with E-state index < -0.39 is 11.9 Å². The van der Waals surface area contributed by atoms with Crippen molar-refractivity contribution in [2.45, 2.75) is 6.54 Å². The summed E-state index contributed by atoms with van der Waals surface area (Å²) in [5.74, 6) is 0.174. The fraction of sp³-hybridized carbons (Fsp3) is 0.174. The molecule has 2 aromatic carbocycles. The number of ether oxygens (including phenoxy) is 2. The lowest BCUT2D eigenvalue weighted by Crippen LogP contribution is -2.54. The molecule has 1 heterocycles. The van der Waals surface area contributed by atoms with Crippen LogP contribution in [0.1, 0.15) is 5.56 Å². The van der Waals surface area contributed by atoms with Crippen LogP contribution in [0.5, 0.6) is 11.5 Å². The van der Waals surface area contributed by atoms with E-state index >= 15 is 0 Å². The van der Waals surface area contributed by atoms with Crippen molar-refractivity contribution in [3.8, 4) is 11.5 Å². The zero-order chi connectivity index (χ0) is 20.4. The highest BCUT2D eigenvalue weighted by molar-refractivity contribution is 6.25. The van der Waals surface area contributed by atoms with Gasteiger partial charge in [-0.1, -0.05) is 48.6 Å². The normalized spacial score (nSPS) is 18.1. The highest BCUT2D eigenvalue weighted by Crippen LogP contribution is 2.34. The topological polar surface area (TPSA) is 58.8 Å². The van der Waals surface area contributed by atoms with Gasteiger partial charge in [-0.25, -0.2) is 4.79 Å². The lowest BCUT2D eigenvalue weighted by atomic mass is 9.94. The molecule has 4 rings (SSSR count). The molecule has 2 aromatic rings. The standard InChI is InChI=1S/C23H21N2O4/c1-28-20-13-12-17(14-21(20)29-2)25-22(26)18-10-6-7-11-19(18)24(23(25)27)15-16-8-4-3-5-9-16/h3-14,18H,15H2,1-2H3/q+1. The third-order valence-corrected chi connectivity index (χ3v) is 5.03. The molecule has 0 fully saturated rings. The largest absolute Gasteiger partial charge is 0.506 e. The van der Waals surface area contributed by atoms with Crippen molar-refractivity contribution < 1.29 is 23.6 Å². The molecule has 0 saturated carbocycles. The Labute approximate surface area is 169 Å². The van der Waals surface area contributed by atoms with Gasteiger partial charge in [-0.05, 0) is 23.8 Å². The van der Waals surface area contributed by atoms with Crippen LogP contribution in [0.2, 0.25) is 0 Å². The van der Waals surface area contributed by atoms with Gasteiger partial charge in [0.2, 0.25) is 0 Å². The molecule has 3 amide bonds. The third-order valence-electron chi connectivity index (χ3n) is 5.03. The van der Waals surface area contributed by atoms with E-state index in [0.717, 1.165) is 5.56 Å². The van der Waals surface area contributed by atoms with E-state index in [1.807, 2.05) is 54.6 Å². The monoisotopic (exact) mass is 389 g/mol. The van der Waals surface area contributed by atoms with Gasteiger partial charge in [0.25, 0.3) is 0 Å². The molecule has 146 valence electrons. The number of carbonyl (C=O) groups is 2. The maximum Gasteiger partial charge on any atom is 0.506 e. The number of fused-ring (bicyclic) bond motifs is 1. The molecule has 2 aliphatic rings. The summed E-state index contributed by atoms with van der Waals surface area (Å²) in [6.07, 6.45) is 7.32. The molecule has 0 bridgehead atoms. The molecule has 6 heteroatoms. The predicted molar refractivity (Wildman–Crippen MR) is 110 cm³/mol. The number of hydrogen-bond acceptors (Lipinski definition) is 4. The number of nitrogens with zero attached hydrogens (tertiary/aromatic N) is 2. The van der Waals surface area contributed by atoms with Crippen LogP contribution in [0, 0.1) is 5.92 Å². The minimum absolute atomic E-state index is 0.290. The Balaban J connectivity index is 1.80. The molecular formula is C23H21N2O4+. The molecule has 6 nitrogen and oxygen atoms in total. The van der Waals surface area contributed by atoms with Crippen molar-refractivity contribution in [1.29, 1.82) is 0 Å². The van der Waals surface area contributed by atoms with Crippen LogP contribution in [0.25, 0.3) is 0 Å². The summed E-state index contributed by atoms with van der Waals surface area (Å²) in [5.41, 5.74) is 2.11. The predicted octanol–water partition coefficient (Wildman–Crippen LogP) is 3.57. The molecule has 0 saturated heterocycles. The van der Waals surface area contributed by atoms with Gasteiger partial charge in [0.1, 0.15) is 23.9 Å². The first-order valence-electron chi connectivity index (χ1n) is 9.27. The summed E-state index contributed by atoms with van der Waals surface area (Å²) in [5, 5.41) is 0. The SMILES string of the molecule is COc1ccc(N2C(=O)C3C=CC=CC3=[N+](Cc3ccccc3)C2=O)cc1OC. The Kier molecular flexibility index (Phi) is 4.99. The molecule has 0 aromatic heterocycles. The van der Waals surface area contributed by atoms with Crippen LogP contribution in [-0.2, 0) is 11.3 Å². The number of amides is 3.